The van der Waals surface area contributed by atoms with Crippen molar-refractivity contribution in [1.82, 2.24) is 9.97 Å². The van der Waals surface area contributed by atoms with E-state index in [1.54, 1.807) is 52.0 Å². The molecule has 0 amide bonds. The van der Waals surface area contributed by atoms with Crippen molar-refractivity contribution < 1.29 is 40.6 Å². The van der Waals surface area contributed by atoms with Gasteiger partial charge in [0.1, 0.15) is 17.3 Å². The molecule has 54 heavy (non-hydrogen) atoms. The molecule has 0 radical (unpaired) electrons. The summed E-state index contributed by atoms with van der Waals surface area (Å²) in [5, 5.41) is 1.29. The standard InChI is InChI=1S/C39H26Cl4F6N2O3/c1-17(33-19(3)50-31-11-7-23(53-38(44,45)46)15-25(31)35(33)21-5-9-27(40)29(42)13-21)37(52)18(2)34-20(4)51-32-12-8-24(54-39(47,48)49)16-26(32)36(34)22-6-10-28(41)30(43)14-22/h5-18H,1-4H3. The number of ketones is 1. The van der Waals surface area contributed by atoms with Gasteiger partial charge in [-0.3, -0.25) is 14.8 Å². The van der Waals surface area contributed by atoms with E-state index in [0.717, 1.165) is 12.1 Å². The molecule has 0 bridgehead atoms. The Balaban J connectivity index is 1.58. The number of carbonyl (C=O) groups excluding carboxylic acids is 1. The third-order valence-electron chi connectivity index (χ3n) is 8.97. The summed E-state index contributed by atoms with van der Waals surface area (Å²) in [6.07, 6.45) is -9.96. The Hall–Kier alpha value is -4.29. The Labute approximate surface area is 324 Å². The maximum Gasteiger partial charge on any atom is 0.573 e. The number of halogens is 10. The summed E-state index contributed by atoms with van der Waals surface area (Å²) in [6.45, 7) is 6.64. The molecule has 6 aromatic rings. The van der Waals surface area contributed by atoms with Gasteiger partial charge in [0.2, 0.25) is 0 Å². The van der Waals surface area contributed by atoms with Crippen LogP contribution in [-0.4, -0.2) is 28.5 Å². The Morgan fingerprint density at radius 1 is 0.574 bits per heavy atom. The highest BCUT2D eigenvalue weighted by molar-refractivity contribution is 6.42. The van der Waals surface area contributed by atoms with Gasteiger partial charge < -0.3 is 9.47 Å². The molecule has 2 unspecified atom stereocenters. The predicted octanol–water partition coefficient (Wildman–Crippen LogP) is 13.6. The summed E-state index contributed by atoms with van der Waals surface area (Å²) >= 11 is 25.3. The van der Waals surface area contributed by atoms with Crippen LogP contribution in [0, 0.1) is 13.8 Å². The lowest BCUT2D eigenvalue weighted by molar-refractivity contribution is -0.275. The van der Waals surface area contributed by atoms with Crippen molar-refractivity contribution in [3.05, 3.63) is 115 Å². The van der Waals surface area contributed by atoms with Gasteiger partial charge in [-0.25, -0.2) is 0 Å². The topological polar surface area (TPSA) is 61.3 Å². The monoisotopic (exact) mass is 824 g/mol. The second-order valence-electron chi connectivity index (χ2n) is 12.5. The van der Waals surface area contributed by atoms with E-state index >= 15 is 0 Å². The van der Waals surface area contributed by atoms with Crippen molar-refractivity contribution >= 4 is 74.0 Å². The number of aryl methyl sites for hydroxylation is 2. The maximum atomic E-state index is 14.8. The van der Waals surface area contributed by atoms with Crippen LogP contribution in [0.4, 0.5) is 26.3 Å². The summed E-state index contributed by atoms with van der Waals surface area (Å²) in [5.41, 5.74) is 3.91. The van der Waals surface area contributed by atoms with Crippen molar-refractivity contribution in [2.24, 2.45) is 0 Å². The van der Waals surface area contributed by atoms with E-state index in [4.69, 9.17) is 46.4 Å². The molecule has 0 aliphatic heterocycles. The molecule has 6 rings (SSSR count). The fraction of sp³-hybridized carbons (Fsp3) is 0.205. The van der Waals surface area contributed by atoms with Gasteiger partial charge in [0, 0.05) is 34.0 Å². The number of benzene rings is 4. The van der Waals surface area contributed by atoms with Crippen LogP contribution in [0.5, 0.6) is 11.5 Å². The first kappa shape index (κ1) is 39.4. The van der Waals surface area contributed by atoms with E-state index < -0.39 is 36.1 Å². The molecule has 0 aliphatic carbocycles. The van der Waals surface area contributed by atoms with Gasteiger partial charge in [0.25, 0.3) is 0 Å². The maximum absolute atomic E-state index is 14.8. The summed E-state index contributed by atoms with van der Waals surface area (Å²) < 4.78 is 88.4. The molecule has 2 atom stereocenters. The molecule has 280 valence electrons. The Kier molecular flexibility index (Phi) is 10.8. The number of hydrogen-bond acceptors (Lipinski definition) is 5. The Morgan fingerprint density at radius 3 is 1.28 bits per heavy atom. The van der Waals surface area contributed by atoms with Crippen LogP contribution in [0.15, 0.2) is 72.8 Å². The lowest BCUT2D eigenvalue weighted by atomic mass is 9.78. The van der Waals surface area contributed by atoms with E-state index in [9.17, 15) is 31.1 Å². The molecule has 0 saturated heterocycles. The zero-order valence-electron chi connectivity index (χ0n) is 28.5. The van der Waals surface area contributed by atoms with Crippen LogP contribution in [0.25, 0.3) is 44.1 Å². The molecule has 4 aromatic carbocycles. The number of ether oxygens (including phenoxy) is 2. The lowest BCUT2D eigenvalue weighted by Gasteiger charge is -2.26. The van der Waals surface area contributed by atoms with Crippen molar-refractivity contribution in [2.75, 3.05) is 0 Å². The zero-order chi connectivity index (χ0) is 39.4. The highest BCUT2D eigenvalue weighted by Crippen LogP contribution is 2.45. The van der Waals surface area contributed by atoms with Crippen LogP contribution in [-0.2, 0) is 4.79 Å². The highest BCUT2D eigenvalue weighted by atomic mass is 35.5. The van der Waals surface area contributed by atoms with Gasteiger partial charge in [-0.2, -0.15) is 0 Å². The van der Waals surface area contributed by atoms with Gasteiger partial charge >= 0.3 is 12.7 Å². The molecule has 0 spiro atoms. The normalized spacial score (nSPS) is 13.3. The van der Waals surface area contributed by atoms with E-state index in [-0.39, 0.29) is 36.6 Å². The number of fused-ring (bicyclic) bond motifs is 2. The third kappa shape index (κ3) is 8.05. The van der Waals surface area contributed by atoms with Gasteiger partial charge in [-0.05, 0) is 108 Å². The largest absolute Gasteiger partial charge is 0.573 e. The van der Waals surface area contributed by atoms with Crippen LogP contribution in [0.3, 0.4) is 0 Å². The van der Waals surface area contributed by atoms with Crippen LogP contribution >= 0.6 is 46.4 Å². The molecule has 2 heterocycles. The Morgan fingerprint density at radius 2 is 0.944 bits per heavy atom. The fourth-order valence-corrected chi connectivity index (χ4v) is 7.39. The number of hydrogen-bond donors (Lipinski definition) is 0. The number of carbonyl (C=O) groups is 1. The van der Waals surface area contributed by atoms with Crippen molar-refractivity contribution in [3.8, 4) is 33.8 Å². The van der Waals surface area contributed by atoms with E-state index in [0.29, 0.717) is 55.8 Å². The lowest BCUT2D eigenvalue weighted by Crippen LogP contribution is -2.21. The van der Waals surface area contributed by atoms with Crippen molar-refractivity contribution in [2.45, 2.75) is 52.3 Å². The number of pyridine rings is 2. The second kappa shape index (κ2) is 14.7. The fourth-order valence-electron chi connectivity index (χ4n) is 6.80. The molecule has 15 heteroatoms. The molecule has 0 fully saturated rings. The molecule has 2 aromatic heterocycles. The van der Waals surface area contributed by atoms with Crippen molar-refractivity contribution in [1.29, 1.82) is 0 Å². The average molecular weight is 826 g/mol. The SMILES string of the molecule is Cc1nc2ccc(OC(F)(F)F)cc2c(-c2ccc(Cl)c(Cl)c2)c1C(C)C(=O)C(C)c1c(C)nc2ccc(OC(F)(F)F)cc2c1-c1ccc(Cl)c(Cl)c1. The minimum absolute atomic E-state index is 0.163. The molecule has 0 saturated carbocycles. The summed E-state index contributed by atoms with van der Waals surface area (Å²) in [4.78, 5) is 24.2. The smallest absolute Gasteiger partial charge is 0.406 e. The van der Waals surface area contributed by atoms with E-state index in [1.165, 1.54) is 36.4 Å². The van der Waals surface area contributed by atoms with E-state index in [1.807, 2.05) is 0 Å². The quantitative estimate of drug-likeness (QED) is 0.143. The summed E-state index contributed by atoms with van der Waals surface area (Å²) in [7, 11) is 0. The first-order valence-corrected chi connectivity index (χ1v) is 17.6. The van der Waals surface area contributed by atoms with Crippen LogP contribution in [0.2, 0.25) is 20.1 Å². The minimum Gasteiger partial charge on any atom is -0.406 e. The first-order chi connectivity index (χ1) is 25.2. The molecule has 0 aliphatic rings. The summed E-state index contributed by atoms with van der Waals surface area (Å²) in [6, 6.07) is 16.8. The van der Waals surface area contributed by atoms with Gasteiger partial charge in [-0.15, -0.1) is 26.3 Å². The van der Waals surface area contributed by atoms with Gasteiger partial charge in [-0.1, -0.05) is 72.4 Å². The highest BCUT2D eigenvalue weighted by Gasteiger charge is 2.35. The number of Topliss-reactive ketones (excluding diaryl/α,β-unsaturated/α-hetero) is 1. The van der Waals surface area contributed by atoms with Crippen LogP contribution in [0.1, 0.15) is 48.2 Å². The van der Waals surface area contributed by atoms with Crippen molar-refractivity contribution in [3.63, 3.8) is 0 Å². The first-order valence-electron chi connectivity index (χ1n) is 16.1. The molecular formula is C39H26Cl4F6N2O3. The molecule has 5 nitrogen and oxygen atoms in total. The van der Waals surface area contributed by atoms with Gasteiger partial charge in [0.15, 0.2) is 0 Å². The number of aromatic nitrogens is 2. The number of rotatable bonds is 8. The summed E-state index contributed by atoms with van der Waals surface area (Å²) in [5.74, 6) is -3.30. The predicted molar refractivity (Wildman–Crippen MR) is 199 cm³/mol. The second-order valence-corrected chi connectivity index (χ2v) is 14.2. The Bertz CT molecular complexity index is 2300. The van der Waals surface area contributed by atoms with E-state index in [2.05, 4.69) is 19.4 Å². The van der Waals surface area contributed by atoms with Crippen LogP contribution < -0.4 is 9.47 Å². The number of nitrogens with zero attached hydrogens (tertiary/aromatic N) is 2. The van der Waals surface area contributed by atoms with Gasteiger partial charge in [0.05, 0.1) is 31.1 Å². The molecular weight excluding hydrogens is 800 g/mol. The zero-order valence-corrected chi connectivity index (χ0v) is 31.5. The average Bonchev–Trinajstić information content (AvgIpc) is 3.07. The minimum atomic E-state index is -4.98. The number of alkyl halides is 6. The molecule has 0 N–H and O–H groups in total. The third-order valence-corrected chi connectivity index (χ3v) is 10.5.